The number of fused-ring (bicyclic) bond motifs is 2. The number of carbonyl (C=O) groups excluding carboxylic acids is 2. The van der Waals surface area contributed by atoms with Crippen LogP contribution in [0.25, 0.3) is 0 Å². The van der Waals surface area contributed by atoms with Crippen molar-refractivity contribution >= 4 is 11.6 Å². The zero-order chi connectivity index (χ0) is 29.6. The van der Waals surface area contributed by atoms with Crippen molar-refractivity contribution in [2.24, 2.45) is 41.2 Å². The highest BCUT2D eigenvalue weighted by Gasteiger charge is 2.60. The van der Waals surface area contributed by atoms with E-state index in [4.69, 9.17) is 19.9 Å². The van der Waals surface area contributed by atoms with E-state index < -0.39 is 72.7 Å². The van der Waals surface area contributed by atoms with Gasteiger partial charge in [-0.05, 0) is 63.3 Å². The molecule has 0 radical (unpaired) electrons. The molecule has 5 rings (SSSR count). The van der Waals surface area contributed by atoms with Crippen LogP contribution < -0.4 is 11.1 Å². The summed E-state index contributed by atoms with van der Waals surface area (Å²) in [5.41, 5.74) is 4.07. The number of carbonyl (C=O) groups is 2. The second-order valence-corrected chi connectivity index (χ2v) is 13.3. The lowest BCUT2D eigenvalue weighted by Crippen LogP contribution is -2.68. The van der Waals surface area contributed by atoms with Crippen LogP contribution in [-0.4, -0.2) is 112 Å². The third-order valence-electron chi connectivity index (χ3n) is 10.7. The number of Topliss-reactive ketones (excluding diaryl/α,β-unsaturated/α-hetero) is 2. The Labute approximate surface area is 240 Å². The summed E-state index contributed by atoms with van der Waals surface area (Å²) in [5.74, 6) is -2.81. The molecule has 0 amide bonds. The topological polar surface area (TPSA) is 201 Å². The number of nitrogens with two attached hydrogens (primary N) is 1. The number of ketones is 2. The van der Waals surface area contributed by atoms with Gasteiger partial charge in [-0.2, -0.15) is 0 Å². The van der Waals surface area contributed by atoms with Crippen LogP contribution >= 0.6 is 0 Å². The molecule has 3 aliphatic carbocycles. The van der Waals surface area contributed by atoms with Gasteiger partial charge < -0.3 is 50.8 Å². The van der Waals surface area contributed by atoms with Crippen LogP contribution in [0.4, 0.5) is 0 Å². The number of aliphatic hydroxyl groups excluding tert-OH is 4. The molecule has 2 aliphatic heterocycles. The van der Waals surface area contributed by atoms with Crippen LogP contribution in [0, 0.1) is 35.5 Å². The minimum Gasteiger partial charge on any atom is -0.394 e. The van der Waals surface area contributed by atoms with Crippen LogP contribution in [0.15, 0.2) is 0 Å². The summed E-state index contributed by atoms with van der Waals surface area (Å²) >= 11 is 0. The monoisotopic (exact) mass is 584 g/mol. The Kier molecular flexibility index (Phi) is 9.57. The van der Waals surface area contributed by atoms with Gasteiger partial charge >= 0.3 is 0 Å². The Balaban J connectivity index is 1.33. The van der Waals surface area contributed by atoms with E-state index in [0.717, 1.165) is 13.0 Å². The van der Waals surface area contributed by atoms with E-state index in [2.05, 4.69) is 5.32 Å². The molecule has 0 bridgehead atoms. The molecule has 3 saturated carbocycles. The van der Waals surface area contributed by atoms with Gasteiger partial charge in [-0.15, -0.1) is 0 Å². The van der Waals surface area contributed by atoms with Crippen molar-refractivity contribution < 1.29 is 49.3 Å². The summed E-state index contributed by atoms with van der Waals surface area (Å²) in [4.78, 5) is 27.5. The van der Waals surface area contributed by atoms with Crippen LogP contribution in [0.1, 0.15) is 58.3 Å². The van der Waals surface area contributed by atoms with Crippen LogP contribution in [0.2, 0.25) is 0 Å². The number of ether oxygens (including phenoxy) is 3. The first-order valence-corrected chi connectivity index (χ1v) is 15.3. The van der Waals surface area contributed by atoms with Gasteiger partial charge in [0.05, 0.1) is 42.9 Å². The molecule has 15 atom stereocenters. The van der Waals surface area contributed by atoms with Gasteiger partial charge in [0, 0.05) is 25.4 Å². The smallest absolute Gasteiger partial charge is 0.187 e. The molecule has 12 heteroatoms. The Morgan fingerprint density at radius 2 is 1.78 bits per heavy atom. The van der Waals surface area contributed by atoms with E-state index in [1.807, 2.05) is 6.92 Å². The molecule has 2 heterocycles. The highest BCUT2D eigenvalue weighted by atomic mass is 16.7. The summed E-state index contributed by atoms with van der Waals surface area (Å²) in [6.45, 7) is 2.09. The summed E-state index contributed by atoms with van der Waals surface area (Å²) < 4.78 is 17.7. The molecule has 2 saturated heterocycles. The van der Waals surface area contributed by atoms with Gasteiger partial charge in [0.2, 0.25) is 0 Å². The maximum absolute atomic E-state index is 13.9. The highest BCUT2D eigenvalue weighted by Crippen LogP contribution is 2.49. The maximum atomic E-state index is 13.9. The number of piperidine rings is 1. The largest absolute Gasteiger partial charge is 0.394 e. The summed E-state index contributed by atoms with van der Waals surface area (Å²) in [6, 6.07) is 0. The van der Waals surface area contributed by atoms with Crippen molar-refractivity contribution in [2.45, 2.75) is 113 Å². The van der Waals surface area contributed by atoms with Gasteiger partial charge in [-0.3, -0.25) is 9.59 Å². The lowest BCUT2D eigenvalue weighted by Gasteiger charge is -2.52. The first kappa shape index (κ1) is 31.4. The van der Waals surface area contributed by atoms with Crippen molar-refractivity contribution in [3.63, 3.8) is 0 Å². The number of rotatable bonds is 7. The summed E-state index contributed by atoms with van der Waals surface area (Å²) in [5, 5.41) is 57.8. The van der Waals surface area contributed by atoms with Crippen molar-refractivity contribution in [1.82, 2.24) is 5.32 Å². The minimum atomic E-state index is -1.93. The molecule has 5 fully saturated rings. The fourth-order valence-corrected chi connectivity index (χ4v) is 8.40. The SMILES string of the molecule is COC1CC(O[C@H]2O[C@H](CO)[C@](O)(CCC3CCNC(N)C3)[C@H](O)[C@H]2O)C2C(=O)C3C(O)CC(C)CC3C(=O)C2C1. The molecule has 234 valence electrons. The first-order chi connectivity index (χ1) is 19.5. The second kappa shape index (κ2) is 12.5. The van der Waals surface area contributed by atoms with Crippen LogP contribution in [0.5, 0.6) is 0 Å². The zero-order valence-electron chi connectivity index (χ0n) is 24.0. The third kappa shape index (κ3) is 5.90. The molecule has 0 spiro atoms. The molecule has 0 aromatic heterocycles. The Morgan fingerprint density at radius 1 is 1.05 bits per heavy atom. The number of hydrogen-bond donors (Lipinski definition) is 7. The lowest BCUT2D eigenvalue weighted by atomic mass is 9.55. The standard InChI is InChI=1S/C29H48N2O10/c1-13-7-16-22(18(33)8-13)25(35)23-17(24(16)34)10-15(39-2)11-19(23)40-28-26(36)27(37)29(38,20(12-32)41-28)5-3-14-4-6-31-21(30)9-14/h13-23,26-28,31-33,36-38H,3-12,30H2,1-2H3/t13?,14?,15?,16?,17?,18?,19?,20-,21?,22?,23?,26-,27-,28+,29-/m1/s1. The van der Waals surface area contributed by atoms with Gasteiger partial charge in [-0.25, -0.2) is 0 Å². The van der Waals surface area contributed by atoms with E-state index in [1.54, 1.807) is 0 Å². The number of aliphatic hydroxyl groups is 5. The predicted octanol–water partition coefficient (Wildman–Crippen LogP) is -1.18. The quantitative estimate of drug-likeness (QED) is 0.189. The van der Waals surface area contributed by atoms with E-state index >= 15 is 0 Å². The fraction of sp³-hybridized carbons (Fsp3) is 0.931. The van der Waals surface area contributed by atoms with Crippen molar-refractivity contribution in [3.05, 3.63) is 0 Å². The van der Waals surface area contributed by atoms with Crippen molar-refractivity contribution in [1.29, 1.82) is 0 Å². The van der Waals surface area contributed by atoms with E-state index in [1.165, 1.54) is 7.11 Å². The second-order valence-electron chi connectivity index (χ2n) is 13.3. The molecule has 12 nitrogen and oxygen atoms in total. The molecule has 8 N–H and O–H groups in total. The van der Waals surface area contributed by atoms with Gasteiger partial charge in [0.15, 0.2) is 6.29 Å². The summed E-state index contributed by atoms with van der Waals surface area (Å²) in [7, 11) is 1.53. The zero-order valence-corrected chi connectivity index (χ0v) is 24.0. The minimum absolute atomic E-state index is 0.0639. The molecular weight excluding hydrogens is 536 g/mol. The molecule has 0 aromatic carbocycles. The number of nitrogens with one attached hydrogen (secondary N) is 1. The fourth-order valence-electron chi connectivity index (χ4n) is 8.40. The molecular formula is C29H48N2O10. The molecule has 10 unspecified atom stereocenters. The molecule has 5 aliphatic rings. The third-order valence-corrected chi connectivity index (χ3v) is 10.7. The van der Waals surface area contributed by atoms with Crippen LogP contribution in [-0.2, 0) is 23.8 Å². The van der Waals surface area contributed by atoms with Gasteiger partial charge in [0.25, 0.3) is 0 Å². The van der Waals surface area contributed by atoms with Gasteiger partial charge in [-0.1, -0.05) is 6.92 Å². The first-order valence-electron chi connectivity index (χ1n) is 15.3. The Hall–Kier alpha value is -1.06. The number of methoxy groups -OCH3 is 1. The van der Waals surface area contributed by atoms with Gasteiger partial charge in [0.1, 0.15) is 35.5 Å². The number of hydrogen-bond acceptors (Lipinski definition) is 12. The van der Waals surface area contributed by atoms with Crippen LogP contribution in [0.3, 0.4) is 0 Å². The maximum Gasteiger partial charge on any atom is 0.187 e. The van der Waals surface area contributed by atoms with E-state index in [9.17, 15) is 35.1 Å². The Bertz CT molecular complexity index is 951. The van der Waals surface area contributed by atoms with E-state index in [-0.39, 0.29) is 48.5 Å². The highest BCUT2D eigenvalue weighted by molar-refractivity contribution is 6.00. The Morgan fingerprint density at radius 3 is 2.46 bits per heavy atom. The molecule has 0 aromatic rings. The predicted molar refractivity (Wildman–Crippen MR) is 144 cm³/mol. The average molecular weight is 585 g/mol. The normalized spacial score (nSPS) is 50.7. The van der Waals surface area contributed by atoms with Crippen molar-refractivity contribution in [2.75, 3.05) is 20.3 Å². The van der Waals surface area contributed by atoms with Crippen molar-refractivity contribution in [3.8, 4) is 0 Å². The van der Waals surface area contributed by atoms with E-state index in [0.29, 0.717) is 32.1 Å². The average Bonchev–Trinajstić information content (AvgIpc) is 2.94. The molecule has 41 heavy (non-hydrogen) atoms. The lowest BCUT2D eigenvalue weighted by molar-refractivity contribution is -0.346. The summed E-state index contributed by atoms with van der Waals surface area (Å²) in [6.07, 6.45) is -4.68.